The second-order valence-corrected chi connectivity index (χ2v) is 4.91. The van der Waals surface area contributed by atoms with Gasteiger partial charge >= 0.3 is 5.97 Å². The molecule has 0 aliphatic carbocycles. The lowest BCUT2D eigenvalue weighted by Gasteiger charge is -2.19. The minimum atomic E-state index is -0.772. The molecule has 0 radical (unpaired) electrons. The van der Waals surface area contributed by atoms with Crippen molar-refractivity contribution in [2.24, 2.45) is 0 Å². The van der Waals surface area contributed by atoms with Crippen molar-refractivity contribution >= 4 is 17.7 Å². The van der Waals surface area contributed by atoms with Crippen LogP contribution in [0.1, 0.15) is 11.1 Å². The fourth-order valence-corrected chi connectivity index (χ4v) is 3.02. The molecule has 88 valence electrons. The number of thioether (sulfide) groups is 1. The predicted molar refractivity (Wildman–Crippen MR) is 65.4 cm³/mol. The lowest BCUT2D eigenvalue weighted by Crippen LogP contribution is -2.37. The van der Waals surface area contributed by atoms with E-state index in [4.69, 9.17) is 10.4 Å². The van der Waals surface area contributed by atoms with E-state index >= 15 is 0 Å². The zero-order valence-corrected chi connectivity index (χ0v) is 9.98. The van der Waals surface area contributed by atoms with E-state index in [0.29, 0.717) is 17.9 Å². The van der Waals surface area contributed by atoms with Crippen molar-refractivity contribution in [2.75, 3.05) is 11.6 Å². The fraction of sp³-hybridized carbons (Fsp3) is 0.333. The Labute approximate surface area is 104 Å². The summed E-state index contributed by atoms with van der Waals surface area (Å²) < 4.78 is 0. The molecular formula is C12H12N2O2S. The molecule has 17 heavy (non-hydrogen) atoms. The van der Waals surface area contributed by atoms with Gasteiger partial charge in [0.2, 0.25) is 0 Å². The van der Waals surface area contributed by atoms with Crippen LogP contribution >= 0.6 is 11.8 Å². The Bertz CT molecular complexity index is 470. The van der Waals surface area contributed by atoms with Crippen molar-refractivity contribution in [2.45, 2.75) is 12.6 Å². The predicted octanol–water partition coefficient (Wildman–Crippen LogP) is 1.52. The third kappa shape index (κ3) is 2.78. The highest BCUT2D eigenvalue weighted by Gasteiger charge is 2.30. The normalized spacial score (nSPS) is 20.1. The molecule has 2 rings (SSSR count). The number of aliphatic carboxylic acids is 1. The molecule has 1 saturated heterocycles. The molecule has 0 bridgehead atoms. The Balaban J connectivity index is 2.10. The minimum Gasteiger partial charge on any atom is -0.480 e. The van der Waals surface area contributed by atoms with Gasteiger partial charge in [-0.25, -0.2) is 0 Å². The lowest BCUT2D eigenvalue weighted by atomic mass is 10.1. The molecule has 1 aliphatic rings. The Morgan fingerprint density at radius 2 is 2.47 bits per heavy atom. The molecule has 0 aromatic heterocycles. The number of rotatable bonds is 3. The summed E-state index contributed by atoms with van der Waals surface area (Å²) >= 11 is 1.63. The van der Waals surface area contributed by atoms with Crippen LogP contribution in [0.25, 0.3) is 0 Å². The average molecular weight is 248 g/mol. The molecule has 1 aromatic carbocycles. The van der Waals surface area contributed by atoms with E-state index in [0.717, 1.165) is 11.4 Å². The maximum absolute atomic E-state index is 11.0. The molecule has 0 spiro atoms. The molecule has 1 N–H and O–H groups in total. The number of nitrogens with zero attached hydrogens (tertiary/aromatic N) is 2. The average Bonchev–Trinajstić information content (AvgIpc) is 2.77. The van der Waals surface area contributed by atoms with Crippen LogP contribution in [0.5, 0.6) is 0 Å². The minimum absolute atomic E-state index is 0.411. The fourth-order valence-electron chi connectivity index (χ4n) is 1.83. The van der Waals surface area contributed by atoms with Crippen LogP contribution in [0.15, 0.2) is 24.3 Å². The van der Waals surface area contributed by atoms with Crippen LogP contribution in [0.4, 0.5) is 0 Å². The van der Waals surface area contributed by atoms with Crippen molar-refractivity contribution in [1.82, 2.24) is 4.90 Å². The van der Waals surface area contributed by atoms with Crippen LogP contribution < -0.4 is 0 Å². The van der Waals surface area contributed by atoms with Gasteiger partial charge in [-0.2, -0.15) is 5.26 Å². The Hall–Kier alpha value is -1.51. The highest BCUT2D eigenvalue weighted by molar-refractivity contribution is 7.99. The maximum atomic E-state index is 11.0. The van der Waals surface area contributed by atoms with Crippen LogP contribution in [0.3, 0.4) is 0 Å². The largest absolute Gasteiger partial charge is 0.480 e. The second kappa shape index (κ2) is 5.21. The topological polar surface area (TPSA) is 64.3 Å². The monoisotopic (exact) mass is 248 g/mol. The summed E-state index contributed by atoms with van der Waals surface area (Å²) in [6.45, 7) is 0.583. The Kier molecular flexibility index (Phi) is 3.67. The van der Waals surface area contributed by atoms with Gasteiger partial charge in [-0.15, -0.1) is 11.8 Å². The van der Waals surface area contributed by atoms with E-state index < -0.39 is 12.0 Å². The molecule has 4 nitrogen and oxygen atoms in total. The highest BCUT2D eigenvalue weighted by atomic mass is 32.2. The van der Waals surface area contributed by atoms with Crippen LogP contribution in [-0.2, 0) is 11.3 Å². The van der Waals surface area contributed by atoms with E-state index in [9.17, 15) is 4.79 Å². The molecule has 1 aromatic rings. The molecule has 0 saturated carbocycles. The number of carboxylic acid groups (broad SMARTS) is 1. The summed E-state index contributed by atoms with van der Waals surface area (Å²) in [7, 11) is 0. The summed E-state index contributed by atoms with van der Waals surface area (Å²) in [5, 5.41) is 17.9. The van der Waals surface area contributed by atoms with Gasteiger partial charge in [0.15, 0.2) is 0 Å². The molecule has 1 heterocycles. The first-order chi connectivity index (χ1) is 8.20. The molecule has 0 amide bonds. The standard InChI is InChI=1S/C12H12N2O2S/c13-5-9-2-1-3-10(4-9)6-14-8-17-7-11(14)12(15)16/h1-4,11H,6-8H2,(H,15,16)/t11-/m1/s1. The van der Waals surface area contributed by atoms with E-state index in [2.05, 4.69) is 6.07 Å². The molecule has 1 aliphatic heterocycles. The number of hydrogen-bond acceptors (Lipinski definition) is 4. The molecule has 1 fully saturated rings. The molecule has 0 unspecified atom stereocenters. The van der Waals surface area contributed by atoms with E-state index in [-0.39, 0.29) is 0 Å². The maximum Gasteiger partial charge on any atom is 0.321 e. The van der Waals surface area contributed by atoms with Crippen molar-refractivity contribution in [3.8, 4) is 6.07 Å². The van der Waals surface area contributed by atoms with Crippen LogP contribution in [0.2, 0.25) is 0 Å². The first kappa shape index (κ1) is 12.0. The third-order valence-electron chi connectivity index (χ3n) is 2.70. The lowest BCUT2D eigenvalue weighted by molar-refractivity contribution is -0.141. The van der Waals surface area contributed by atoms with Crippen molar-refractivity contribution < 1.29 is 9.90 Å². The SMILES string of the molecule is N#Cc1cccc(CN2CSC[C@@H]2C(=O)O)c1. The zero-order valence-electron chi connectivity index (χ0n) is 9.17. The number of nitriles is 1. The van der Waals surface area contributed by atoms with Gasteiger partial charge in [0.05, 0.1) is 11.6 Å². The summed E-state index contributed by atoms with van der Waals surface area (Å²) in [6.07, 6.45) is 0. The van der Waals surface area contributed by atoms with E-state index in [1.807, 2.05) is 23.1 Å². The number of hydrogen-bond donors (Lipinski definition) is 1. The van der Waals surface area contributed by atoms with Crippen LogP contribution in [-0.4, -0.2) is 33.6 Å². The van der Waals surface area contributed by atoms with Crippen molar-refractivity contribution in [1.29, 1.82) is 5.26 Å². The van der Waals surface area contributed by atoms with Crippen molar-refractivity contribution in [3.05, 3.63) is 35.4 Å². The summed E-state index contributed by atoms with van der Waals surface area (Å²) in [5.41, 5.74) is 1.60. The first-order valence-corrected chi connectivity index (χ1v) is 6.40. The zero-order chi connectivity index (χ0) is 12.3. The Morgan fingerprint density at radius 1 is 1.65 bits per heavy atom. The van der Waals surface area contributed by atoms with Gasteiger partial charge in [-0.05, 0) is 17.7 Å². The van der Waals surface area contributed by atoms with Gasteiger partial charge in [0, 0.05) is 18.2 Å². The first-order valence-electron chi connectivity index (χ1n) is 5.24. The molecule has 1 atom stereocenters. The number of carboxylic acids is 1. The molecular weight excluding hydrogens is 236 g/mol. The summed E-state index contributed by atoms with van der Waals surface area (Å²) in [5.74, 6) is 0.590. The smallest absolute Gasteiger partial charge is 0.321 e. The van der Waals surface area contributed by atoms with E-state index in [1.165, 1.54) is 0 Å². The third-order valence-corrected chi connectivity index (χ3v) is 3.77. The summed E-state index contributed by atoms with van der Waals surface area (Å²) in [6, 6.07) is 8.97. The van der Waals surface area contributed by atoms with Gasteiger partial charge in [-0.1, -0.05) is 12.1 Å². The van der Waals surface area contributed by atoms with Gasteiger partial charge in [0.25, 0.3) is 0 Å². The van der Waals surface area contributed by atoms with Crippen LogP contribution in [0, 0.1) is 11.3 Å². The van der Waals surface area contributed by atoms with Gasteiger partial charge < -0.3 is 5.11 Å². The number of carbonyl (C=O) groups is 1. The van der Waals surface area contributed by atoms with Gasteiger partial charge in [0.1, 0.15) is 6.04 Å². The van der Waals surface area contributed by atoms with Crippen molar-refractivity contribution in [3.63, 3.8) is 0 Å². The second-order valence-electron chi connectivity index (χ2n) is 3.91. The van der Waals surface area contributed by atoms with Gasteiger partial charge in [-0.3, -0.25) is 9.69 Å². The number of benzene rings is 1. The quantitative estimate of drug-likeness (QED) is 0.878. The summed E-state index contributed by atoms with van der Waals surface area (Å²) in [4.78, 5) is 12.9. The van der Waals surface area contributed by atoms with E-state index in [1.54, 1.807) is 17.8 Å². The molecule has 5 heteroatoms. The Morgan fingerprint density at radius 3 is 3.18 bits per heavy atom. The highest BCUT2D eigenvalue weighted by Crippen LogP contribution is 2.23.